The fourth-order valence-electron chi connectivity index (χ4n) is 2.86. The van der Waals surface area contributed by atoms with Gasteiger partial charge in [-0.25, -0.2) is 0 Å². The van der Waals surface area contributed by atoms with Gasteiger partial charge in [-0.1, -0.05) is 42.5 Å². The van der Waals surface area contributed by atoms with Gasteiger partial charge >= 0.3 is 0 Å². The van der Waals surface area contributed by atoms with E-state index in [-0.39, 0.29) is 0 Å². The quantitative estimate of drug-likeness (QED) is 0.591. The van der Waals surface area contributed by atoms with Gasteiger partial charge in [0.25, 0.3) is 0 Å². The lowest BCUT2D eigenvalue weighted by Gasteiger charge is -2.07. The Balaban J connectivity index is 2.14. The lowest BCUT2D eigenvalue weighted by Crippen LogP contribution is -1.95. The third-order valence-electron chi connectivity index (χ3n) is 3.63. The van der Waals surface area contributed by atoms with Crippen LogP contribution in [0, 0.1) is 0 Å². The van der Waals surface area contributed by atoms with Crippen LogP contribution in [0.3, 0.4) is 0 Å². The van der Waals surface area contributed by atoms with Crippen molar-refractivity contribution in [2.75, 3.05) is 0 Å². The Morgan fingerprint density at radius 2 is 1.61 bits per heavy atom. The second-order valence-corrected chi connectivity index (χ2v) is 4.66. The van der Waals surface area contributed by atoms with Crippen molar-refractivity contribution in [1.82, 2.24) is 4.57 Å². The molecule has 3 aromatic rings. The first-order valence-corrected chi connectivity index (χ1v) is 6.29. The Morgan fingerprint density at radius 3 is 2.50 bits per heavy atom. The van der Waals surface area contributed by atoms with Crippen molar-refractivity contribution >= 4 is 17.0 Å². The van der Waals surface area contributed by atoms with Crippen LogP contribution in [0.4, 0.5) is 0 Å². The summed E-state index contributed by atoms with van der Waals surface area (Å²) in [5.74, 6) is 0. The van der Waals surface area contributed by atoms with E-state index in [0.29, 0.717) is 0 Å². The third-order valence-corrected chi connectivity index (χ3v) is 3.63. The van der Waals surface area contributed by atoms with Gasteiger partial charge in [0, 0.05) is 11.1 Å². The number of benzene rings is 2. The maximum atomic E-state index is 2.36. The summed E-state index contributed by atoms with van der Waals surface area (Å²) in [5, 5.41) is 1.38. The Hall–Kier alpha value is -2.28. The van der Waals surface area contributed by atoms with E-state index in [2.05, 4.69) is 71.3 Å². The van der Waals surface area contributed by atoms with Crippen molar-refractivity contribution in [3.8, 4) is 5.69 Å². The van der Waals surface area contributed by atoms with E-state index in [1.165, 1.54) is 27.8 Å². The summed E-state index contributed by atoms with van der Waals surface area (Å²) < 4.78 is 2.36. The Bertz CT molecular complexity index is 748. The fourth-order valence-corrected chi connectivity index (χ4v) is 2.86. The molecular weight excluding hydrogens is 218 g/mol. The lowest BCUT2D eigenvalue weighted by atomic mass is 10.1. The van der Waals surface area contributed by atoms with Crippen molar-refractivity contribution in [1.29, 1.82) is 0 Å². The molecule has 2 aromatic carbocycles. The van der Waals surface area contributed by atoms with E-state index in [4.69, 9.17) is 0 Å². The number of rotatable bonds is 1. The van der Waals surface area contributed by atoms with Crippen LogP contribution in [0.2, 0.25) is 0 Å². The van der Waals surface area contributed by atoms with Crippen LogP contribution in [0.5, 0.6) is 0 Å². The molecule has 0 atom stereocenters. The first-order chi connectivity index (χ1) is 8.95. The van der Waals surface area contributed by atoms with Gasteiger partial charge in [-0.15, -0.1) is 0 Å². The van der Waals surface area contributed by atoms with Crippen LogP contribution < -0.4 is 0 Å². The van der Waals surface area contributed by atoms with Gasteiger partial charge in [-0.3, -0.25) is 0 Å². The molecule has 1 heteroatoms. The van der Waals surface area contributed by atoms with E-state index in [1.807, 2.05) is 0 Å². The van der Waals surface area contributed by atoms with Gasteiger partial charge < -0.3 is 4.57 Å². The lowest BCUT2D eigenvalue weighted by molar-refractivity contribution is 1.10. The molecule has 1 heterocycles. The molecule has 1 aromatic heterocycles. The van der Waals surface area contributed by atoms with Crippen LogP contribution in [0.15, 0.2) is 60.7 Å². The van der Waals surface area contributed by atoms with Crippen molar-refractivity contribution in [3.05, 3.63) is 71.9 Å². The summed E-state index contributed by atoms with van der Waals surface area (Å²) >= 11 is 0. The molecule has 0 aliphatic heterocycles. The number of para-hydroxylation sites is 2. The van der Waals surface area contributed by atoms with Crippen molar-refractivity contribution in [3.63, 3.8) is 0 Å². The summed E-state index contributed by atoms with van der Waals surface area (Å²) in [6, 6.07) is 19.2. The topological polar surface area (TPSA) is 4.93 Å². The molecule has 0 unspecified atom stereocenters. The highest BCUT2D eigenvalue weighted by Crippen LogP contribution is 2.33. The summed E-state index contributed by atoms with van der Waals surface area (Å²) in [5.41, 5.74) is 5.33. The maximum Gasteiger partial charge on any atom is 0.0537 e. The van der Waals surface area contributed by atoms with E-state index in [9.17, 15) is 0 Å². The van der Waals surface area contributed by atoms with E-state index in [0.717, 1.165) is 6.42 Å². The molecular formula is C17H13N. The molecule has 1 aliphatic rings. The van der Waals surface area contributed by atoms with Crippen LogP contribution in [-0.2, 0) is 6.42 Å². The van der Waals surface area contributed by atoms with Gasteiger partial charge in [0.05, 0.1) is 11.2 Å². The molecule has 1 aliphatic carbocycles. The largest absolute Gasteiger partial charge is 0.310 e. The standard InChI is InChI=1S/C17H13N/c1-2-7-13(8-3-1)18-16-11-5-4-9-14(16)15-10-6-12-17(15)18/h1-9,11-12H,10H2. The molecule has 0 fully saturated rings. The van der Waals surface area contributed by atoms with Gasteiger partial charge in [0.15, 0.2) is 0 Å². The fraction of sp³-hybridized carbons (Fsp3) is 0.0588. The van der Waals surface area contributed by atoms with Gasteiger partial charge in [0.1, 0.15) is 0 Å². The predicted molar refractivity (Wildman–Crippen MR) is 76.0 cm³/mol. The summed E-state index contributed by atoms with van der Waals surface area (Å²) in [6.45, 7) is 0. The number of hydrogen-bond donors (Lipinski definition) is 0. The average molecular weight is 231 g/mol. The summed E-state index contributed by atoms with van der Waals surface area (Å²) in [7, 11) is 0. The normalized spacial score (nSPS) is 13.1. The number of allylic oxidation sites excluding steroid dienone is 1. The van der Waals surface area contributed by atoms with Crippen LogP contribution in [0.1, 0.15) is 11.3 Å². The maximum absolute atomic E-state index is 2.36. The molecule has 0 amide bonds. The number of nitrogens with zero attached hydrogens (tertiary/aromatic N) is 1. The van der Waals surface area contributed by atoms with Crippen LogP contribution in [0.25, 0.3) is 22.7 Å². The molecule has 0 radical (unpaired) electrons. The number of aromatic nitrogens is 1. The molecule has 0 N–H and O–H groups in total. The zero-order valence-corrected chi connectivity index (χ0v) is 10.0. The van der Waals surface area contributed by atoms with Gasteiger partial charge in [-0.05, 0) is 36.3 Å². The second kappa shape index (κ2) is 3.61. The van der Waals surface area contributed by atoms with Gasteiger partial charge in [-0.2, -0.15) is 0 Å². The van der Waals surface area contributed by atoms with Crippen molar-refractivity contribution < 1.29 is 0 Å². The van der Waals surface area contributed by atoms with E-state index >= 15 is 0 Å². The Labute approximate surface area is 106 Å². The van der Waals surface area contributed by atoms with Crippen LogP contribution in [-0.4, -0.2) is 4.57 Å². The highest BCUT2D eigenvalue weighted by Gasteiger charge is 2.17. The van der Waals surface area contributed by atoms with Crippen molar-refractivity contribution in [2.45, 2.75) is 6.42 Å². The SMILES string of the molecule is C1=Cc2c(c3ccccc3n2-c2ccccc2)C1. The molecule has 1 nitrogen and oxygen atoms in total. The Kier molecular flexibility index (Phi) is 1.95. The molecule has 18 heavy (non-hydrogen) atoms. The number of hydrogen-bond acceptors (Lipinski definition) is 0. The molecule has 0 saturated carbocycles. The zero-order chi connectivity index (χ0) is 11.9. The van der Waals surface area contributed by atoms with E-state index < -0.39 is 0 Å². The summed E-state index contributed by atoms with van der Waals surface area (Å²) in [6.07, 6.45) is 5.54. The zero-order valence-electron chi connectivity index (χ0n) is 10.0. The first kappa shape index (κ1) is 9.72. The molecule has 0 saturated heterocycles. The second-order valence-electron chi connectivity index (χ2n) is 4.66. The highest BCUT2D eigenvalue weighted by atomic mass is 15.0. The molecule has 4 rings (SSSR count). The minimum Gasteiger partial charge on any atom is -0.310 e. The Morgan fingerprint density at radius 1 is 0.833 bits per heavy atom. The van der Waals surface area contributed by atoms with Gasteiger partial charge in [0.2, 0.25) is 0 Å². The minimum atomic E-state index is 1.05. The monoisotopic (exact) mass is 231 g/mol. The smallest absolute Gasteiger partial charge is 0.0537 e. The number of fused-ring (bicyclic) bond motifs is 3. The average Bonchev–Trinajstić information content (AvgIpc) is 2.99. The minimum absolute atomic E-state index is 1.05. The first-order valence-electron chi connectivity index (χ1n) is 6.29. The van der Waals surface area contributed by atoms with Crippen LogP contribution >= 0.6 is 0 Å². The van der Waals surface area contributed by atoms with E-state index in [1.54, 1.807) is 0 Å². The molecule has 86 valence electrons. The highest BCUT2D eigenvalue weighted by molar-refractivity contribution is 5.91. The molecule has 0 bridgehead atoms. The predicted octanol–water partition coefficient (Wildman–Crippen LogP) is 4.20. The molecule has 0 spiro atoms. The van der Waals surface area contributed by atoms with Crippen molar-refractivity contribution in [2.24, 2.45) is 0 Å². The third kappa shape index (κ3) is 1.22. The summed E-state index contributed by atoms with van der Waals surface area (Å²) in [4.78, 5) is 0.